The summed E-state index contributed by atoms with van der Waals surface area (Å²) in [7, 11) is 0. The minimum Gasteiger partial charge on any atom is -0.309 e. The average Bonchev–Trinajstić information content (AvgIpc) is 3.53. The highest BCUT2D eigenvalue weighted by molar-refractivity contribution is 7.27. The molecule has 9 rings (SSSR count). The average molecular weight is 500 g/mol. The van der Waals surface area contributed by atoms with E-state index >= 15 is 0 Å². The summed E-state index contributed by atoms with van der Waals surface area (Å²) in [6, 6.07) is 46.8. The van der Waals surface area contributed by atoms with Crippen molar-refractivity contribution < 1.29 is 0 Å². The van der Waals surface area contributed by atoms with E-state index in [2.05, 4.69) is 132 Å². The molecule has 0 saturated heterocycles. The summed E-state index contributed by atoms with van der Waals surface area (Å²) in [5.41, 5.74) is 3.75. The maximum atomic E-state index is 2.51. The van der Waals surface area contributed by atoms with E-state index < -0.39 is 0 Å². The highest BCUT2D eigenvalue weighted by Crippen LogP contribution is 2.49. The maximum Gasteiger partial charge on any atom is 0.0640 e. The van der Waals surface area contributed by atoms with Crippen LogP contribution in [0.25, 0.3) is 80.0 Å². The lowest BCUT2D eigenvalue weighted by Crippen LogP contribution is -1.94. The van der Waals surface area contributed by atoms with Crippen LogP contribution in [-0.4, -0.2) is 4.57 Å². The summed E-state index contributed by atoms with van der Waals surface area (Å²) < 4.78 is 5.21. The summed E-state index contributed by atoms with van der Waals surface area (Å²) >= 11 is 1.92. The minimum absolute atomic E-state index is 1.20. The molecular formula is C36H21NS. The smallest absolute Gasteiger partial charge is 0.0640 e. The molecule has 7 aromatic carbocycles. The monoisotopic (exact) mass is 499 g/mol. The Hall–Kier alpha value is -4.66. The first-order valence-corrected chi connectivity index (χ1v) is 13.9. The van der Waals surface area contributed by atoms with Crippen LogP contribution in [0, 0.1) is 0 Å². The standard InChI is InChI=1S/C36H21NS/c1-2-11-24-21-25(19-17-22(24)9-1)37-30-15-7-5-13-27(30)33-32-26-12-4-3-10-23(26)18-20-29(32)36-34(35(33)37)28-14-6-8-16-31(28)38-36/h1-21H. The molecule has 0 aliphatic heterocycles. The summed E-state index contributed by atoms with van der Waals surface area (Å²) in [6.07, 6.45) is 0. The summed E-state index contributed by atoms with van der Waals surface area (Å²) in [6.45, 7) is 0. The summed E-state index contributed by atoms with van der Waals surface area (Å²) in [5, 5.41) is 13.1. The van der Waals surface area contributed by atoms with Crippen molar-refractivity contribution in [2.75, 3.05) is 0 Å². The van der Waals surface area contributed by atoms with Crippen molar-refractivity contribution >= 4 is 85.6 Å². The van der Waals surface area contributed by atoms with Gasteiger partial charge in [0.15, 0.2) is 0 Å². The molecule has 0 atom stereocenters. The van der Waals surface area contributed by atoms with Crippen LogP contribution in [0.1, 0.15) is 0 Å². The second kappa shape index (κ2) is 7.44. The van der Waals surface area contributed by atoms with Gasteiger partial charge in [-0.15, -0.1) is 11.3 Å². The third-order valence-corrected chi connectivity index (χ3v) is 9.33. The fraction of sp³-hybridized carbons (Fsp3) is 0. The molecule has 1 nitrogen and oxygen atoms in total. The lowest BCUT2D eigenvalue weighted by molar-refractivity contribution is 1.19. The zero-order valence-corrected chi connectivity index (χ0v) is 21.3. The van der Waals surface area contributed by atoms with Crippen LogP contribution in [-0.2, 0) is 0 Å². The van der Waals surface area contributed by atoms with Gasteiger partial charge in [0.05, 0.1) is 11.0 Å². The van der Waals surface area contributed by atoms with Crippen LogP contribution in [0.15, 0.2) is 127 Å². The van der Waals surface area contributed by atoms with E-state index in [1.54, 1.807) is 0 Å². The van der Waals surface area contributed by atoms with Gasteiger partial charge in [-0.25, -0.2) is 0 Å². The molecule has 176 valence electrons. The number of hydrogen-bond donors (Lipinski definition) is 0. The molecule has 0 aliphatic carbocycles. The molecule has 0 saturated carbocycles. The molecular weight excluding hydrogens is 478 g/mol. The number of para-hydroxylation sites is 1. The van der Waals surface area contributed by atoms with Crippen molar-refractivity contribution in [3.63, 3.8) is 0 Å². The van der Waals surface area contributed by atoms with E-state index in [-0.39, 0.29) is 0 Å². The van der Waals surface area contributed by atoms with Gasteiger partial charge in [0.2, 0.25) is 0 Å². The Balaban J connectivity index is 1.64. The Morgan fingerprint density at radius 2 is 1.13 bits per heavy atom. The fourth-order valence-electron chi connectivity index (χ4n) is 6.51. The first-order chi connectivity index (χ1) is 18.9. The minimum atomic E-state index is 1.20. The predicted octanol–water partition coefficient (Wildman–Crippen LogP) is 10.6. The van der Waals surface area contributed by atoms with Gasteiger partial charge in [0.1, 0.15) is 0 Å². The lowest BCUT2D eigenvalue weighted by atomic mass is 9.95. The van der Waals surface area contributed by atoms with Gasteiger partial charge in [-0.1, -0.05) is 103 Å². The molecule has 0 spiro atoms. The number of thiophene rings is 1. The second-order valence-electron chi connectivity index (χ2n) is 10.1. The van der Waals surface area contributed by atoms with Crippen molar-refractivity contribution in [2.24, 2.45) is 0 Å². The molecule has 9 aromatic rings. The first kappa shape index (κ1) is 20.4. The summed E-state index contributed by atoms with van der Waals surface area (Å²) in [4.78, 5) is 0. The molecule has 0 radical (unpaired) electrons. The number of rotatable bonds is 1. The molecule has 0 N–H and O–H groups in total. The van der Waals surface area contributed by atoms with Crippen molar-refractivity contribution in [1.29, 1.82) is 0 Å². The van der Waals surface area contributed by atoms with Gasteiger partial charge in [-0.2, -0.15) is 0 Å². The molecule has 0 unspecified atom stereocenters. The van der Waals surface area contributed by atoms with E-state index in [9.17, 15) is 0 Å². The van der Waals surface area contributed by atoms with Gasteiger partial charge in [0, 0.05) is 47.4 Å². The topological polar surface area (TPSA) is 4.93 Å². The molecule has 2 heterocycles. The Bertz CT molecular complexity index is 2400. The highest BCUT2D eigenvalue weighted by Gasteiger charge is 2.22. The number of aromatic nitrogens is 1. The normalized spacial score (nSPS) is 12.2. The zero-order chi connectivity index (χ0) is 24.8. The van der Waals surface area contributed by atoms with Crippen LogP contribution in [0.4, 0.5) is 0 Å². The molecule has 0 aliphatic rings. The van der Waals surface area contributed by atoms with Crippen LogP contribution >= 0.6 is 11.3 Å². The van der Waals surface area contributed by atoms with Crippen LogP contribution in [0.2, 0.25) is 0 Å². The SMILES string of the molecule is c1ccc2cc(-n3c4ccccc4c4c5c6ccccc6ccc5c5sc6ccccc6c5c43)ccc2c1. The summed E-state index contributed by atoms with van der Waals surface area (Å²) in [5.74, 6) is 0. The van der Waals surface area contributed by atoms with Gasteiger partial charge < -0.3 is 4.57 Å². The maximum absolute atomic E-state index is 2.51. The van der Waals surface area contributed by atoms with Crippen molar-refractivity contribution in [2.45, 2.75) is 0 Å². The number of nitrogens with zero attached hydrogens (tertiary/aromatic N) is 1. The van der Waals surface area contributed by atoms with Gasteiger partial charge in [0.25, 0.3) is 0 Å². The van der Waals surface area contributed by atoms with Crippen LogP contribution in [0.3, 0.4) is 0 Å². The fourth-order valence-corrected chi connectivity index (χ4v) is 7.75. The van der Waals surface area contributed by atoms with E-state index in [1.165, 1.54) is 80.0 Å². The van der Waals surface area contributed by atoms with Gasteiger partial charge >= 0.3 is 0 Å². The largest absolute Gasteiger partial charge is 0.309 e. The number of benzene rings is 7. The van der Waals surface area contributed by atoms with Gasteiger partial charge in [-0.3, -0.25) is 0 Å². The number of hydrogen-bond acceptors (Lipinski definition) is 1. The number of fused-ring (bicyclic) bond motifs is 13. The van der Waals surface area contributed by atoms with Crippen LogP contribution < -0.4 is 0 Å². The Labute approximate surface area is 222 Å². The van der Waals surface area contributed by atoms with Gasteiger partial charge in [-0.05, 0) is 45.8 Å². The Morgan fingerprint density at radius 1 is 0.447 bits per heavy atom. The first-order valence-electron chi connectivity index (χ1n) is 13.0. The Kier molecular flexibility index (Phi) is 3.99. The van der Waals surface area contributed by atoms with E-state index in [4.69, 9.17) is 0 Å². The van der Waals surface area contributed by atoms with Crippen molar-refractivity contribution in [3.05, 3.63) is 127 Å². The quantitative estimate of drug-likeness (QED) is 0.198. The molecule has 38 heavy (non-hydrogen) atoms. The molecule has 2 heteroatoms. The Morgan fingerprint density at radius 3 is 2.03 bits per heavy atom. The molecule has 0 bridgehead atoms. The molecule has 0 amide bonds. The van der Waals surface area contributed by atoms with Crippen molar-refractivity contribution in [1.82, 2.24) is 4.57 Å². The predicted molar refractivity (Wildman–Crippen MR) is 166 cm³/mol. The van der Waals surface area contributed by atoms with Crippen LogP contribution in [0.5, 0.6) is 0 Å². The van der Waals surface area contributed by atoms with E-state index in [0.717, 1.165) is 0 Å². The lowest BCUT2D eigenvalue weighted by Gasteiger charge is -2.12. The highest BCUT2D eigenvalue weighted by atomic mass is 32.1. The van der Waals surface area contributed by atoms with Crippen molar-refractivity contribution in [3.8, 4) is 5.69 Å². The molecule has 2 aromatic heterocycles. The third-order valence-electron chi connectivity index (χ3n) is 8.12. The van der Waals surface area contributed by atoms with E-state index in [0.29, 0.717) is 0 Å². The second-order valence-corrected chi connectivity index (χ2v) is 11.2. The third kappa shape index (κ3) is 2.60. The zero-order valence-electron chi connectivity index (χ0n) is 20.5. The van der Waals surface area contributed by atoms with E-state index in [1.807, 2.05) is 11.3 Å². The molecule has 0 fully saturated rings.